The van der Waals surface area contributed by atoms with E-state index in [1.165, 1.54) is 0 Å². The van der Waals surface area contributed by atoms with Crippen molar-refractivity contribution in [3.63, 3.8) is 0 Å². The SMILES string of the molecule is CCOc1ccc2oc(C(=O)N[C@@H](COCc3ccccc3)C(=O)O)cc2c1. The summed E-state index contributed by atoms with van der Waals surface area (Å²) in [7, 11) is 0. The number of carboxylic acid groups (broad SMARTS) is 1. The van der Waals surface area contributed by atoms with Gasteiger partial charge >= 0.3 is 5.97 Å². The molecule has 0 spiro atoms. The summed E-state index contributed by atoms with van der Waals surface area (Å²) in [6.45, 7) is 2.50. The Morgan fingerprint density at radius 1 is 1.14 bits per heavy atom. The zero-order valence-corrected chi connectivity index (χ0v) is 15.4. The van der Waals surface area contributed by atoms with Crippen molar-refractivity contribution in [2.24, 2.45) is 0 Å². The molecule has 28 heavy (non-hydrogen) atoms. The molecule has 0 aliphatic carbocycles. The van der Waals surface area contributed by atoms with Crippen LogP contribution in [0.1, 0.15) is 23.0 Å². The molecule has 0 aliphatic heterocycles. The van der Waals surface area contributed by atoms with Gasteiger partial charge in [0.2, 0.25) is 0 Å². The van der Waals surface area contributed by atoms with Crippen LogP contribution in [0.2, 0.25) is 0 Å². The highest BCUT2D eigenvalue weighted by atomic mass is 16.5. The first-order valence-corrected chi connectivity index (χ1v) is 8.88. The maximum Gasteiger partial charge on any atom is 0.328 e. The van der Waals surface area contributed by atoms with Crippen LogP contribution in [0.25, 0.3) is 11.0 Å². The zero-order valence-electron chi connectivity index (χ0n) is 15.4. The summed E-state index contributed by atoms with van der Waals surface area (Å²) < 4.78 is 16.4. The number of carbonyl (C=O) groups is 2. The van der Waals surface area contributed by atoms with E-state index in [2.05, 4.69) is 5.32 Å². The molecular weight excluding hydrogens is 362 g/mol. The average Bonchev–Trinajstić information content (AvgIpc) is 3.11. The summed E-state index contributed by atoms with van der Waals surface area (Å²) >= 11 is 0. The van der Waals surface area contributed by atoms with Crippen LogP contribution in [-0.2, 0) is 16.1 Å². The van der Waals surface area contributed by atoms with Crippen molar-refractivity contribution in [1.29, 1.82) is 0 Å². The molecule has 0 aliphatic rings. The van der Waals surface area contributed by atoms with Gasteiger partial charge in [-0.15, -0.1) is 0 Å². The van der Waals surface area contributed by atoms with E-state index in [9.17, 15) is 14.7 Å². The Hall–Kier alpha value is -3.32. The van der Waals surface area contributed by atoms with Crippen molar-refractivity contribution < 1.29 is 28.6 Å². The number of furan rings is 1. The second-order valence-corrected chi connectivity index (χ2v) is 6.11. The molecule has 1 aromatic heterocycles. The lowest BCUT2D eigenvalue weighted by atomic mass is 10.2. The van der Waals surface area contributed by atoms with E-state index >= 15 is 0 Å². The van der Waals surface area contributed by atoms with E-state index in [0.29, 0.717) is 23.3 Å². The Morgan fingerprint density at radius 3 is 2.64 bits per heavy atom. The molecule has 0 saturated carbocycles. The van der Waals surface area contributed by atoms with Crippen LogP contribution in [0, 0.1) is 0 Å². The number of nitrogens with one attached hydrogen (secondary N) is 1. The van der Waals surface area contributed by atoms with Crippen molar-refractivity contribution >= 4 is 22.8 Å². The van der Waals surface area contributed by atoms with Gasteiger partial charge in [0.15, 0.2) is 11.8 Å². The van der Waals surface area contributed by atoms with Gasteiger partial charge in [-0.2, -0.15) is 0 Å². The van der Waals surface area contributed by atoms with Crippen molar-refractivity contribution in [2.45, 2.75) is 19.6 Å². The van der Waals surface area contributed by atoms with E-state index in [1.54, 1.807) is 24.3 Å². The van der Waals surface area contributed by atoms with Crippen molar-refractivity contribution in [1.82, 2.24) is 5.32 Å². The molecule has 0 fully saturated rings. The highest BCUT2D eigenvalue weighted by Gasteiger charge is 2.23. The van der Waals surface area contributed by atoms with Crippen LogP contribution in [0.5, 0.6) is 5.75 Å². The van der Waals surface area contributed by atoms with Gasteiger partial charge in [0.1, 0.15) is 11.3 Å². The average molecular weight is 383 g/mol. The van der Waals surface area contributed by atoms with E-state index in [4.69, 9.17) is 13.9 Å². The third kappa shape index (κ3) is 4.89. The van der Waals surface area contributed by atoms with Crippen LogP contribution in [0.3, 0.4) is 0 Å². The smallest absolute Gasteiger partial charge is 0.328 e. The van der Waals surface area contributed by atoms with Gasteiger partial charge in [-0.05, 0) is 36.8 Å². The third-order valence-corrected chi connectivity index (χ3v) is 4.02. The molecule has 3 rings (SSSR count). The van der Waals surface area contributed by atoms with Crippen molar-refractivity contribution in [2.75, 3.05) is 13.2 Å². The Bertz CT molecular complexity index is 950. The number of hydrogen-bond acceptors (Lipinski definition) is 5. The van der Waals surface area contributed by atoms with Gasteiger partial charge < -0.3 is 24.3 Å². The quantitative estimate of drug-likeness (QED) is 0.589. The normalized spacial score (nSPS) is 11.9. The van der Waals surface area contributed by atoms with E-state index in [-0.39, 0.29) is 19.0 Å². The highest BCUT2D eigenvalue weighted by molar-refractivity contribution is 5.98. The summed E-state index contributed by atoms with van der Waals surface area (Å²) in [4.78, 5) is 23.9. The first-order chi connectivity index (χ1) is 13.6. The monoisotopic (exact) mass is 383 g/mol. The minimum atomic E-state index is -1.19. The number of hydrogen-bond donors (Lipinski definition) is 2. The lowest BCUT2D eigenvalue weighted by Gasteiger charge is -2.14. The molecule has 7 nitrogen and oxygen atoms in total. The summed E-state index contributed by atoms with van der Waals surface area (Å²) in [6, 6.07) is 14.9. The minimum Gasteiger partial charge on any atom is -0.494 e. The molecule has 0 unspecified atom stereocenters. The number of amides is 1. The highest BCUT2D eigenvalue weighted by Crippen LogP contribution is 2.24. The van der Waals surface area contributed by atoms with Crippen LogP contribution in [0.15, 0.2) is 59.0 Å². The number of aliphatic carboxylic acids is 1. The fraction of sp³-hybridized carbons (Fsp3) is 0.238. The minimum absolute atomic E-state index is 0.0259. The molecule has 1 heterocycles. The number of carbonyl (C=O) groups excluding carboxylic acids is 1. The zero-order chi connectivity index (χ0) is 19.9. The van der Waals surface area contributed by atoms with Crippen molar-refractivity contribution in [3.8, 4) is 5.75 Å². The molecule has 7 heteroatoms. The van der Waals surface area contributed by atoms with E-state index in [1.807, 2.05) is 37.3 Å². The van der Waals surface area contributed by atoms with Gasteiger partial charge in [-0.1, -0.05) is 30.3 Å². The van der Waals surface area contributed by atoms with Crippen LogP contribution < -0.4 is 10.1 Å². The number of carboxylic acids is 1. The van der Waals surface area contributed by atoms with E-state index < -0.39 is 17.9 Å². The Kier molecular flexibility index (Phi) is 6.29. The van der Waals surface area contributed by atoms with Gasteiger partial charge in [0, 0.05) is 5.39 Å². The Morgan fingerprint density at radius 2 is 1.93 bits per heavy atom. The predicted octanol–water partition coefficient (Wildman–Crippen LogP) is 3.23. The number of fused-ring (bicyclic) bond motifs is 1. The number of benzene rings is 2. The Balaban J connectivity index is 1.63. The molecule has 2 N–H and O–H groups in total. The first-order valence-electron chi connectivity index (χ1n) is 8.88. The molecule has 3 aromatic rings. The standard InChI is InChI=1S/C21H21NO6/c1-2-27-16-8-9-18-15(10-16)11-19(28-18)20(23)22-17(21(24)25)13-26-12-14-6-4-3-5-7-14/h3-11,17H,2,12-13H2,1H3,(H,22,23)(H,24,25)/t17-/m0/s1. The molecule has 1 amide bonds. The Labute approximate surface area is 161 Å². The summed E-state index contributed by atoms with van der Waals surface area (Å²) in [5.41, 5.74) is 1.43. The predicted molar refractivity (Wildman–Crippen MR) is 102 cm³/mol. The second-order valence-electron chi connectivity index (χ2n) is 6.11. The van der Waals surface area contributed by atoms with E-state index in [0.717, 1.165) is 5.56 Å². The van der Waals surface area contributed by atoms with Gasteiger partial charge in [-0.3, -0.25) is 4.79 Å². The lowest BCUT2D eigenvalue weighted by molar-refractivity contribution is -0.141. The number of ether oxygens (including phenoxy) is 2. The first kappa shape index (κ1) is 19.4. The van der Waals surface area contributed by atoms with Crippen molar-refractivity contribution in [3.05, 3.63) is 65.9 Å². The topological polar surface area (TPSA) is 98.0 Å². The lowest BCUT2D eigenvalue weighted by Crippen LogP contribution is -2.43. The maximum absolute atomic E-state index is 12.4. The fourth-order valence-electron chi connectivity index (χ4n) is 2.66. The van der Waals surface area contributed by atoms with Crippen LogP contribution in [-0.4, -0.2) is 36.2 Å². The third-order valence-electron chi connectivity index (χ3n) is 4.02. The molecule has 0 radical (unpaired) electrons. The van der Waals surface area contributed by atoms with Gasteiger partial charge in [0.25, 0.3) is 5.91 Å². The van der Waals surface area contributed by atoms with Crippen LogP contribution >= 0.6 is 0 Å². The molecule has 146 valence electrons. The largest absolute Gasteiger partial charge is 0.494 e. The second kappa shape index (κ2) is 9.05. The summed E-state index contributed by atoms with van der Waals surface area (Å²) in [5, 5.41) is 12.5. The molecular formula is C21H21NO6. The fourth-order valence-corrected chi connectivity index (χ4v) is 2.66. The molecule has 0 saturated heterocycles. The van der Waals surface area contributed by atoms with Gasteiger partial charge in [-0.25, -0.2) is 4.79 Å². The van der Waals surface area contributed by atoms with Crippen LogP contribution in [0.4, 0.5) is 0 Å². The van der Waals surface area contributed by atoms with Gasteiger partial charge in [0.05, 0.1) is 19.8 Å². The maximum atomic E-state index is 12.4. The molecule has 2 aromatic carbocycles. The summed E-state index contributed by atoms with van der Waals surface area (Å²) in [6.07, 6.45) is 0. The molecule has 1 atom stereocenters. The number of rotatable bonds is 9. The molecule has 0 bridgehead atoms. The summed E-state index contributed by atoms with van der Waals surface area (Å²) in [5.74, 6) is -1.11.